The molecule has 160 valence electrons. The lowest BCUT2D eigenvalue weighted by atomic mass is 10.1. The molecule has 0 saturated carbocycles. The second-order valence-corrected chi connectivity index (χ2v) is 6.28. The van der Waals surface area contributed by atoms with Crippen molar-refractivity contribution in [3.8, 4) is 11.5 Å². The molecule has 0 spiro atoms. The Bertz CT molecular complexity index is 751. The maximum absolute atomic E-state index is 5.90. The Kier molecular flexibility index (Phi) is 12.1. The first-order valence-corrected chi connectivity index (χ1v) is 9.53. The molecule has 0 fully saturated rings. The molecule has 2 N–H and O–H groups in total. The maximum Gasteiger partial charge on any atom is 0.191 e. The van der Waals surface area contributed by atoms with Crippen molar-refractivity contribution in [1.29, 1.82) is 0 Å². The summed E-state index contributed by atoms with van der Waals surface area (Å²) in [5, 5.41) is 6.66. The smallest absolute Gasteiger partial charge is 0.191 e. The van der Waals surface area contributed by atoms with E-state index in [4.69, 9.17) is 14.2 Å². The highest BCUT2D eigenvalue weighted by Crippen LogP contribution is 2.20. The average molecular weight is 513 g/mol. The van der Waals surface area contributed by atoms with Crippen LogP contribution in [-0.4, -0.2) is 39.9 Å². The molecule has 2 rings (SSSR count). The van der Waals surface area contributed by atoms with E-state index in [-0.39, 0.29) is 24.0 Å². The fraction of sp³-hybridized carbons (Fsp3) is 0.409. The molecule has 0 aliphatic heterocycles. The highest BCUT2D eigenvalue weighted by Gasteiger charge is 2.06. The summed E-state index contributed by atoms with van der Waals surface area (Å²) >= 11 is 0. The molecular formula is C22H32IN3O3. The topological polar surface area (TPSA) is 64.1 Å². The van der Waals surface area contributed by atoms with Crippen LogP contribution in [0.5, 0.6) is 11.5 Å². The van der Waals surface area contributed by atoms with E-state index in [2.05, 4.69) is 40.7 Å². The first-order valence-electron chi connectivity index (χ1n) is 9.53. The minimum Gasteiger partial charge on any atom is -0.497 e. The summed E-state index contributed by atoms with van der Waals surface area (Å²) < 4.78 is 16.4. The van der Waals surface area contributed by atoms with Crippen molar-refractivity contribution in [2.24, 2.45) is 4.99 Å². The molecule has 0 aromatic heterocycles. The van der Waals surface area contributed by atoms with Gasteiger partial charge in [-0.05, 0) is 43.2 Å². The first kappa shape index (κ1) is 25.0. The summed E-state index contributed by atoms with van der Waals surface area (Å²) in [6, 6.07) is 14.2. The van der Waals surface area contributed by atoms with E-state index in [1.165, 1.54) is 0 Å². The normalized spacial score (nSPS) is 10.8. The summed E-state index contributed by atoms with van der Waals surface area (Å²) in [5.41, 5.74) is 3.39. The van der Waals surface area contributed by atoms with E-state index >= 15 is 0 Å². The molecule has 0 aliphatic rings. The highest BCUT2D eigenvalue weighted by atomic mass is 127. The number of nitrogens with one attached hydrogen (secondary N) is 2. The van der Waals surface area contributed by atoms with Crippen LogP contribution < -0.4 is 20.1 Å². The van der Waals surface area contributed by atoms with Crippen LogP contribution in [0.4, 0.5) is 0 Å². The number of aryl methyl sites for hydroxylation is 1. The largest absolute Gasteiger partial charge is 0.497 e. The lowest BCUT2D eigenvalue weighted by molar-refractivity contribution is 0.110. The Morgan fingerprint density at radius 1 is 1.00 bits per heavy atom. The standard InChI is InChI=1S/C22H31N3O3.HI/c1-5-27-12-13-28-21-14-17(2)6-9-19(21)16-25-22(23-3)24-15-18-7-10-20(26-4)11-8-18;/h6-11,14H,5,12-13,15-16H2,1-4H3,(H2,23,24,25);1H. The second-order valence-electron chi connectivity index (χ2n) is 6.28. The molecule has 2 aromatic carbocycles. The fourth-order valence-corrected chi connectivity index (χ4v) is 2.63. The molecule has 0 radical (unpaired) electrons. The third-order valence-electron chi connectivity index (χ3n) is 4.20. The van der Waals surface area contributed by atoms with Gasteiger partial charge in [0.05, 0.1) is 13.7 Å². The number of ether oxygens (including phenoxy) is 3. The predicted molar refractivity (Wildman–Crippen MR) is 129 cm³/mol. The lowest BCUT2D eigenvalue weighted by Gasteiger charge is -2.15. The average Bonchev–Trinajstić information content (AvgIpc) is 2.73. The van der Waals surface area contributed by atoms with Crippen LogP contribution in [-0.2, 0) is 17.8 Å². The van der Waals surface area contributed by atoms with E-state index in [0.717, 1.165) is 34.1 Å². The Labute approximate surface area is 191 Å². The number of rotatable bonds is 10. The van der Waals surface area contributed by atoms with Crippen LogP contribution in [0.25, 0.3) is 0 Å². The number of nitrogens with zero attached hydrogens (tertiary/aromatic N) is 1. The van der Waals surface area contributed by atoms with Gasteiger partial charge in [0.1, 0.15) is 18.1 Å². The minimum atomic E-state index is 0. The number of methoxy groups -OCH3 is 1. The van der Waals surface area contributed by atoms with E-state index in [9.17, 15) is 0 Å². The molecule has 0 amide bonds. The van der Waals surface area contributed by atoms with Crippen molar-refractivity contribution >= 4 is 29.9 Å². The first-order chi connectivity index (χ1) is 13.7. The van der Waals surface area contributed by atoms with Crippen LogP contribution in [0.3, 0.4) is 0 Å². The van der Waals surface area contributed by atoms with Crippen molar-refractivity contribution in [1.82, 2.24) is 10.6 Å². The molecule has 2 aromatic rings. The molecule has 0 atom stereocenters. The zero-order valence-electron chi connectivity index (χ0n) is 17.7. The Balaban J connectivity index is 0.00000420. The van der Waals surface area contributed by atoms with Gasteiger partial charge in [0, 0.05) is 32.3 Å². The fourth-order valence-electron chi connectivity index (χ4n) is 2.63. The summed E-state index contributed by atoms with van der Waals surface area (Å²) in [4.78, 5) is 4.29. The number of benzene rings is 2. The van der Waals surface area contributed by atoms with Crippen LogP contribution in [0.2, 0.25) is 0 Å². The van der Waals surface area contributed by atoms with Gasteiger partial charge in [-0.3, -0.25) is 4.99 Å². The Morgan fingerprint density at radius 2 is 1.72 bits per heavy atom. The third kappa shape index (κ3) is 8.91. The van der Waals surface area contributed by atoms with Gasteiger partial charge in [0.25, 0.3) is 0 Å². The van der Waals surface area contributed by atoms with Crippen molar-refractivity contribution in [2.75, 3.05) is 34.0 Å². The van der Waals surface area contributed by atoms with Gasteiger partial charge in [-0.1, -0.05) is 24.3 Å². The van der Waals surface area contributed by atoms with E-state index in [1.807, 2.05) is 31.2 Å². The number of hydrogen-bond acceptors (Lipinski definition) is 4. The molecular weight excluding hydrogens is 481 g/mol. The molecule has 29 heavy (non-hydrogen) atoms. The number of halogens is 1. The quantitative estimate of drug-likeness (QED) is 0.219. The summed E-state index contributed by atoms with van der Waals surface area (Å²) in [6.45, 7) is 7.15. The summed E-state index contributed by atoms with van der Waals surface area (Å²) in [6.07, 6.45) is 0. The Hall–Kier alpha value is -2.00. The Morgan fingerprint density at radius 3 is 2.38 bits per heavy atom. The monoisotopic (exact) mass is 513 g/mol. The van der Waals surface area contributed by atoms with Gasteiger partial charge in [-0.25, -0.2) is 0 Å². The lowest BCUT2D eigenvalue weighted by Crippen LogP contribution is -2.36. The molecule has 0 bridgehead atoms. The van der Waals surface area contributed by atoms with E-state index in [1.54, 1.807) is 14.2 Å². The van der Waals surface area contributed by atoms with E-state index in [0.29, 0.717) is 32.9 Å². The zero-order valence-corrected chi connectivity index (χ0v) is 20.0. The van der Waals surface area contributed by atoms with Gasteiger partial charge in [-0.2, -0.15) is 0 Å². The van der Waals surface area contributed by atoms with Gasteiger partial charge in [0.15, 0.2) is 5.96 Å². The van der Waals surface area contributed by atoms with Gasteiger partial charge in [0.2, 0.25) is 0 Å². The van der Waals surface area contributed by atoms with Gasteiger partial charge < -0.3 is 24.8 Å². The van der Waals surface area contributed by atoms with Crippen molar-refractivity contribution < 1.29 is 14.2 Å². The maximum atomic E-state index is 5.90. The van der Waals surface area contributed by atoms with Crippen molar-refractivity contribution in [2.45, 2.75) is 26.9 Å². The molecule has 0 heterocycles. The summed E-state index contributed by atoms with van der Waals surface area (Å²) in [7, 11) is 3.43. The van der Waals surface area contributed by atoms with Crippen molar-refractivity contribution in [3.63, 3.8) is 0 Å². The minimum absolute atomic E-state index is 0. The molecule has 7 heteroatoms. The number of hydrogen-bond donors (Lipinski definition) is 2. The SMILES string of the molecule is CCOCCOc1cc(C)ccc1CNC(=NC)NCc1ccc(OC)cc1.I. The molecule has 0 aliphatic carbocycles. The number of aliphatic imine (C=N–C) groups is 1. The van der Waals surface area contributed by atoms with Gasteiger partial charge in [-0.15, -0.1) is 24.0 Å². The number of guanidine groups is 1. The third-order valence-corrected chi connectivity index (χ3v) is 4.20. The van der Waals surface area contributed by atoms with E-state index < -0.39 is 0 Å². The predicted octanol–water partition coefficient (Wildman–Crippen LogP) is 3.90. The van der Waals surface area contributed by atoms with Gasteiger partial charge >= 0.3 is 0 Å². The van der Waals surface area contributed by atoms with Crippen molar-refractivity contribution in [3.05, 3.63) is 59.2 Å². The highest BCUT2D eigenvalue weighted by molar-refractivity contribution is 14.0. The zero-order chi connectivity index (χ0) is 20.2. The van der Waals surface area contributed by atoms with Crippen LogP contribution in [0.15, 0.2) is 47.5 Å². The van der Waals surface area contributed by atoms with Crippen LogP contribution >= 0.6 is 24.0 Å². The van der Waals surface area contributed by atoms with Crippen LogP contribution in [0.1, 0.15) is 23.6 Å². The molecule has 6 nitrogen and oxygen atoms in total. The molecule has 0 unspecified atom stereocenters. The second kappa shape index (κ2) is 14.1. The molecule has 0 saturated heterocycles. The summed E-state index contributed by atoms with van der Waals surface area (Å²) in [5.74, 6) is 2.46. The van der Waals surface area contributed by atoms with Crippen LogP contribution in [0, 0.1) is 6.92 Å².